The molecule has 112 valence electrons. The lowest BCUT2D eigenvalue weighted by atomic mass is 10.4. The van der Waals surface area contributed by atoms with Crippen molar-refractivity contribution >= 4 is 38.8 Å². The number of nitrogens with one attached hydrogen (secondary N) is 1. The maximum atomic E-state index is 12.3. The van der Waals surface area contributed by atoms with Gasteiger partial charge in [0.2, 0.25) is 0 Å². The summed E-state index contributed by atoms with van der Waals surface area (Å²) in [4.78, 5) is 16.6. The zero-order valence-corrected chi connectivity index (χ0v) is 12.9. The zero-order valence-electron chi connectivity index (χ0n) is 11.3. The van der Waals surface area contributed by atoms with Gasteiger partial charge in [0, 0.05) is 20.3 Å². The molecule has 0 aliphatic heterocycles. The van der Waals surface area contributed by atoms with Gasteiger partial charge in [0.1, 0.15) is 9.09 Å². The molecular formula is C12H13N3O4S2. The number of rotatable bonds is 5. The van der Waals surface area contributed by atoms with E-state index in [9.17, 15) is 13.2 Å². The lowest BCUT2D eigenvalue weighted by molar-refractivity contribution is 0.0702. The van der Waals surface area contributed by atoms with E-state index in [2.05, 4.69) is 9.71 Å². The lowest BCUT2D eigenvalue weighted by Crippen LogP contribution is -2.17. The summed E-state index contributed by atoms with van der Waals surface area (Å²) in [6.07, 6.45) is 1.56. The SMILES string of the molecule is CN(C)c1ncccc1NS(=O)(=O)c1ccc(C(=O)O)s1. The van der Waals surface area contributed by atoms with Gasteiger partial charge in [-0.25, -0.2) is 18.2 Å². The molecule has 2 heterocycles. The first-order chi connectivity index (χ1) is 9.81. The molecular weight excluding hydrogens is 314 g/mol. The standard InChI is InChI=1S/C12H13N3O4S2/c1-15(2)11-8(4-3-7-13-11)14-21(18,19)10-6-5-9(20-10)12(16)17/h3-7,14H,1-2H3,(H,16,17). The Labute approximate surface area is 125 Å². The van der Waals surface area contributed by atoms with Crippen molar-refractivity contribution < 1.29 is 18.3 Å². The van der Waals surface area contributed by atoms with Gasteiger partial charge in [-0.2, -0.15) is 0 Å². The molecule has 0 aromatic carbocycles. The van der Waals surface area contributed by atoms with Gasteiger partial charge in [-0.3, -0.25) is 4.72 Å². The average molecular weight is 327 g/mol. The van der Waals surface area contributed by atoms with Crippen molar-refractivity contribution in [3.8, 4) is 0 Å². The van der Waals surface area contributed by atoms with Gasteiger partial charge in [0.05, 0.1) is 5.69 Å². The molecule has 0 aliphatic rings. The molecule has 0 radical (unpaired) electrons. The number of pyridine rings is 1. The lowest BCUT2D eigenvalue weighted by Gasteiger charge is -2.16. The maximum Gasteiger partial charge on any atom is 0.345 e. The van der Waals surface area contributed by atoms with Crippen LogP contribution in [0.1, 0.15) is 9.67 Å². The largest absolute Gasteiger partial charge is 0.477 e. The van der Waals surface area contributed by atoms with Gasteiger partial charge < -0.3 is 10.0 Å². The van der Waals surface area contributed by atoms with E-state index >= 15 is 0 Å². The quantitative estimate of drug-likeness (QED) is 0.867. The fourth-order valence-corrected chi connectivity index (χ4v) is 3.81. The minimum atomic E-state index is -3.84. The normalized spacial score (nSPS) is 11.1. The minimum absolute atomic E-state index is 0.0330. The highest BCUT2D eigenvalue weighted by Gasteiger charge is 2.20. The third kappa shape index (κ3) is 3.31. The third-order valence-electron chi connectivity index (χ3n) is 2.51. The second-order valence-electron chi connectivity index (χ2n) is 4.30. The Balaban J connectivity index is 2.35. The van der Waals surface area contributed by atoms with Gasteiger partial charge in [-0.05, 0) is 24.3 Å². The Hall–Kier alpha value is -2.13. The first-order valence-corrected chi connectivity index (χ1v) is 8.09. The molecule has 0 unspecified atom stereocenters. The van der Waals surface area contributed by atoms with Crippen molar-refractivity contribution in [3.05, 3.63) is 35.3 Å². The van der Waals surface area contributed by atoms with E-state index in [-0.39, 0.29) is 9.09 Å². The Morgan fingerprint density at radius 2 is 2.05 bits per heavy atom. The van der Waals surface area contributed by atoms with E-state index in [1.165, 1.54) is 12.1 Å². The number of carbonyl (C=O) groups is 1. The van der Waals surface area contributed by atoms with Crippen molar-refractivity contribution in [2.24, 2.45) is 0 Å². The number of thiophene rings is 1. The molecule has 0 atom stereocenters. The van der Waals surface area contributed by atoms with E-state index in [1.54, 1.807) is 37.3 Å². The van der Waals surface area contributed by atoms with Crippen LogP contribution in [0.5, 0.6) is 0 Å². The average Bonchev–Trinajstić information content (AvgIpc) is 2.89. The molecule has 0 spiro atoms. The van der Waals surface area contributed by atoms with Gasteiger partial charge >= 0.3 is 5.97 Å². The van der Waals surface area contributed by atoms with Crippen LogP contribution in [0.25, 0.3) is 0 Å². The van der Waals surface area contributed by atoms with Crippen molar-refractivity contribution in [3.63, 3.8) is 0 Å². The molecule has 0 saturated heterocycles. The number of hydrogen-bond donors (Lipinski definition) is 2. The second-order valence-corrected chi connectivity index (χ2v) is 7.29. The first-order valence-electron chi connectivity index (χ1n) is 5.79. The number of carboxylic acid groups (broad SMARTS) is 1. The highest BCUT2D eigenvalue weighted by molar-refractivity contribution is 7.94. The van der Waals surface area contributed by atoms with Crippen molar-refractivity contribution in [1.29, 1.82) is 0 Å². The fraction of sp³-hybridized carbons (Fsp3) is 0.167. The molecule has 0 amide bonds. The molecule has 0 fully saturated rings. The molecule has 9 heteroatoms. The smallest absolute Gasteiger partial charge is 0.345 e. The summed E-state index contributed by atoms with van der Waals surface area (Å²) in [7, 11) is -0.356. The zero-order chi connectivity index (χ0) is 15.6. The Bertz CT molecular complexity index is 768. The van der Waals surface area contributed by atoms with Crippen molar-refractivity contribution in [1.82, 2.24) is 4.98 Å². The predicted molar refractivity (Wildman–Crippen MR) is 80.7 cm³/mol. The summed E-state index contributed by atoms with van der Waals surface area (Å²) in [6.45, 7) is 0. The topological polar surface area (TPSA) is 99.6 Å². The van der Waals surface area contributed by atoms with Gasteiger partial charge in [-0.1, -0.05) is 0 Å². The van der Waals surface area contributed by atoms with Crippen molar-refractivity contribution in [2.75, 3.05) is 23.7 Å². The van der Waals surface area contributed by atoms with E-state index in [1.807, 2.05) is 0 Å². The maximum absolute atomic E-state index is 12.3. The monoisotopic (exact) mass is 327 g/mol. The van der Waals surface area contributed by atoms with Crippen LogP contribution in [-0.2, 0) is 10.0 Å². The summed E-state index contributed by atoms with van der Waals surface area (Å²) in [5.74, 6) is -0.687. The van der Waals surface area contributed by atoms with E-state index < -0.39 is 16.0 Å². The molecule has 2 rings (SSSR count). The van der Waals surface area contributed by atoms with Crippen LogP contribution in [0.15, 0.2) is 34.7 Å². The summed E-state index contributed by atoms with van der Waals surface area (Å²) < 4.78 is 26.9. The van der Waals surface area contributed by atoms with Crippen LogP contribution in [0, 0.1) is 0 Å². The Kier molecular flexibility index (Phi) is 4.14. The molecule has 0 bridgehead atoms. The first kappa shape index (κ1) is 15.3. The van der Waals surface area contributed by atoms with E-state index in [4.69, 9.17) is 5.11 Å². The number of nitrogens with zero attached hydrogens (tertiary/aromatic N) is 2. The van der Waals surface area contributed by atoms with Crippen molar-refractivity contribution in [2.45, 2.75) is 4.21 Å². The summed E-state index contributed by atoms with van der Waals surface area (Å²) >= 11 is 0.697. The number of carboxylic acids is 1. The van der Waals surface area contributed by atoms with Gasteiger partial charge in [0.25, 0.3) is 10.0 Å². The van der Waals surface area contributed by atoms with Crippen LogP contribution in [-0.4, -0.2) is 38.6 Å². The third-order valence-corrected chi connectivity index (χ3v) is 5.44. The molecule has 2 N–H and O–H groups in total. The van der Waals surface area contributed by atoms with Crippen LogP contribution < -0.4 is 9.62 Å². The number of aromatic nitrogens is 1. The predicted octanol–water partition coefficient (Wildman–Crippen LogP) is 1.71. The number of aromatic carboxylic acids is 1. The molecule has 0 aliphatic carbocycles. The van der Waals surface area contributed by atoms with Crippen LogP contribution in [0.3, 0.4) is 0 Å². The van der Waals surface area contributed by atoms with Crippen LogP contribution in [0.2, 0.25) is 0 Å². The number of sulfonamides is 1. The Morgan fingerprint density at radius 1 is 1.33 bits per heavy atom. The van der Waals surface area contributed by atoms with Crippen LogP contribution >= 0.6 is 11.3 Å². The second kappa shape index (κ2) is 5.70. The number of hydrogen-bond acceptors (Lipinski definition) is 6. The molecule has 2 aromatic rings. The summed E-state index contributed by atoms with van der Waals surface area (Å²) in [5.41, 5.74) is 0.327. The highest BCUT2D eigenvalue weighted by atomic mass is 32.2. The minimum Gasteiger partial charge on any atom is -0.477 e. The molecule has 2 aromatic heterocycles. The fourth-order valence-electron chi connectivity index (χ4n) is 1.61. The van der Waals surface area contributed by atoms with E-state index in [0.717, 1.165) is 0 Å². The molecule has 21 heavy (non-hydrogen) atoms. The summed E-state index contributed by atoms with van der Waals surface area (Å²) in [6, 6.07) is 5.73. The van der Waals surface area contributed by atoms with Gasteiger partial charge in [0.15, 0.2) is 5.82 Å². The highest BCUT2D eigenvalue weighted by Crippen LogP contribution is 2.27. The number of anilines is 2. The van der Waals surface area contributed by atoms with Gasteiger partial charge in [-0.15, -0.1) is 11.3 Å². The molecule has 7 nitrogen and oxygen atoms in total. The molecule has 0 saturated carbocycles. The van der Waals surface area contributed by atoms with Crippen LogP contribution in [0.4, 0.5) is 11.5 Å². The summed E-state index contributed by atoms with van der Waals surface area (Å²) in [5, 5.41) is 8.85. The van der Waals surface area contributed by atoms with E-state index in [0.29, 0.717) is 22.8 Å². The Morgan fingerprint density at radius 3 is 2.62 bits per heavy atom.